The van der Waals surface area contributed by atoms with Crippen LogP contribution in [0.1, 0.15) is 32.6 Å². The van der Waals surface area contributed by atoms with Crippen LogP contribution in [0.5, 0.6) is 0 Å². The summed E-state index contributed by atoms with van der Waals surface area (Å²) in [7, 11) is 0. The number of rotatable bonds is 2. The van der Waals surface area contributed by atoms with E-state index >= 15 is 0 Å². The summed E-state index contributed by atoms with van der Waals surface area (Å²) in [6.07, 6.45) is 0. The maximum Gasteiger partial charge on any atom is 0.193 e. The van der Waals surface area contributed by atoms with Crippen molar-refractivity contribution in [1.82, 2.24) is 0 Å². The normalized spacial score (nSPS) is 10.4. The molecule has 0 heterocycles. The Morgan fingerprint density at radius 2 is 1.50 bits per heavy atom. The Morgan fingerprint density at radius 1 is 0.944 bits per heavy atom. The van der Waals surface area contributed by atoms with Crippen molar-refractivity contribution < 1.29 is 4.79 Å². The van der Waals surface area contributed by atoms with Gasteiger partial charge < -0.3 is 0 Å². The Hall–Kier alpha value is -1.41. The maximum absolute atomic E-state index is 12.5. The van der Waals surface area contributed by atoms with E-state index in [0.29, 0.717) is 0 Å². The monoisotopic (exact) mass is 302 g/mol. The summed E-state index contributed by atoms with van der Waals surface area (Å²) in [5, 5.41) is 0. The SMILES string of the molecule is Cc1ccccc1C(=O)c1cc(C)c(Br)c(C)c1. The van der Waals surface area contributed by atoms with Crippen molar-refractivity contribution in [3.8, 4) is 0 Å². The average molecular weight is 303 g/mol. The molecule has 0 saturated heterocycles. The predicted octanol–water partition coefficient (Wildman–Crippen LogP) is 4.61. The van der Waals surface area contributed by atoms with E-state index in [9.17, 15) is 4.79 Å². The van der Waals surface area contributed by atoms with Crippen LogP contribution in [0.4, 0.5) is 0 Å². The van der Waals surface area contributed by atoms with E-state index in [1.807, 2.05) is 57.2 Å². The number of hydrogen-bond acceptors (Lipinski definition) is 1. The molecule has 2 aromatic rings. The zero-order chi connectivity index (χ0) is 13.3. The standard InChI is InChI=1S/C16H15BrO/c1-10-6-4-5-7-14(10)16(18)13-8-11(2)15(17)12(3)9-13/h4-9H,1-3H3. The van der Waals surface area contributed by atoms with Gasteiger partial charge in [0, 0.05) is 15.6 Å². The van der Waals surface area contributed by atoms with Crippen molar-refractivity contribution in [3.05, 3.63) is 68.7 Å². The van der Waals surface area contributed by atoms with Crippen LogP contribution < -0.4 is 0 Å². The Morgan fingerprint density at radius 3 is 2.06 bits per heavy atom. The van der Waals surface area contributed by atoms with Gasteiger partial charge >= 0.3 is 0 Å². The molecule has 0 N–H and O–H groups in total. The van der Waals surface area contributed by atoms with E-state index in [-0.39, 0.29) is 5.78 Å². The number of benzene rings is 2. The van der Waals surface area contributed by atoms with Gasteiger partial charge in [0.1, 0.15) is 0 Å². The van der Waals surface area contributed by atoms with Gasteiger partial charge in [0.05, 0.1) is 0 Å². The topological polar surface area (TPSA) is 17.1 Å². The molecule has 0 aromatic heterocycles. The van der Waals surface area contributed by atoms with Crippen molar-refractivity contribution in [2.75, 3.05) is 0 Å². The minimum atomic E-state index is 0.0896. The average Bonchev–Trinajstić information content (AvgIpc) is 2.35. The molecule has 92 valence electrons. The molecule has 2 heteroatoms. The molecular weight excluding hydrogens is 288 g/mol. The van der Waals surface area contributed by atoms with Crippen LogP contribution in [0, 0.1) is 20.8 Å². The Balaban J connectivity index is 2.51. The quantitative estimate of drug-likeness (QED) is 0.741. The molecular formula is C16H15BrO. The minimum absolute atomic E-state index is 0.0896. The summed E-state index contributed by atoms with van der Waals surface area (Å²) in [5.74, 6) is 0.0896. The molecule has 0 bridgehead atoms. The smallest absolute Gasteiger partial charge is 0.193 e. The molecule has 2 rings (SSSR count). The van der Waals surface area contributed by atoms with Crippen LogP contribution in [0.3, 0.4) is 0 Å². The van der Waals surface area contributed by atoms with Gasteiger partial charge in [0.2, 0.25) is 0 Å². The second-order valence-corrected chi connectivity index (χ2v) is 5.36. The van der Waals surface area contributed by atoms with E-state index < -0.39 is 0 Å². The lowest BCUT2D eigenvalue weighted by atomic mass is 9.97. The Labute approximate surface area is 116 Å². The summed E-state index contributed by atoms with van der Waals surface area (Å²) in [5.41, 5.74) is 4.72. The van der Waals surface area contributed by atoms with Gasteiger partial charge in [-0.25, -0.2) is 0 Å². The molecule has 0 aliphatic heterocycles. The van der Waals surface area contributed by atoms with Crippen molar-refractivity contribution in [3.63, 3.8) is 0 Å². The predicted molar refractivity (Wildman–Crippen MR) is 78.2 cm³/mol. The fourth-order valence-electron chi connectivity index (χ4n) is 2.06. The van der Waals surface area contributed by atoms with E-state index in [1.54, 1.807) is 0 Å². The molecule has 0 unspecified atom stereocenters. The van der Waals surface area contributed by atoms with E-state index in [4.69, 9.17) is 0 Å². The first-order chi connectivity index (χ1) is 8.50. The lowest BCUT2D eigenvalue weighted by Gasteiger charge is -2.09. The highest BCUT2D eigenvalue weighted by atomic mass is 79.9. The van der Waals surface area contributed by atoms with Gasteiger partial charge in [-0.05, 0) is 49.6 Å². The molecule has 2 aromatic carbocycles. The summed E-state index contributed by atoms with van der Waals surface area (Å²) in [6, 6.07) is 11.6. The third-order valence-corrected chi connectivity index (χ3v) is 4.34. The molecule has 1 nitrogen and oxygen atoms in total. The molecule has 0 spiro atoms. The van der Waals surface area contributed by atoms with Crippen molar-refractivity contribution >= 4 is 21.7 Å². The molecule has 0 aliphatic carbocycles. The van der Waals surface area contributed by atoms with Crippen molar-refractivity contribution in [2.24, 2.45) is 0 Å². The third kappa shape index (κ3) is 2.39. The highest BCUT2D eigenvalue weighted by Crippen LogP contribution is 2.24. The molecule has 18 heavy (non-hydrogen) atoms. The van der Waals surface area contributed by atoms with E-state index in [2.05, 4.69) is 15.9 Å². The largest absolute Gasteiger partial charge is 0.289 e. The van der Waals surface area contributed by atoms with Gasteiger partial charge in [-0.15, -0.1) is 0 Å². The fraction of sp³-hybridized carbons (Fsp3) is 0.188. The Bertz CT molecular complexity index is 591. The molecule has 0 amide bonds. The second-order valence-electron chi connectivity index (χ2n) is 4.57. The summed E-state index contributed by atoms with van der Waals surface area (Å²) < 4.78 is 1.07. The third-order valence-electron chi connectivity index (χ3n) is 3.09. The molecule has 0 fully saturated rings. The van der Waals surface area contributed by atoms with E-state index in [1.165, 1.54) is 0 Å². The van der Waals surface area contributed by atoms with Crippen LogP contribution in [0.25, 0.3) is 0 Å². The number of aryl methyl sites for hydroxylation is 3. The van der Waals surface area contributed by atoms with Crippen molar-refractivity contribution in [2.45, 2.75) is 20.8 Å². The molecule has 0 radical (unpaired) electrons. The number of carbonyl (C=O) groups is 1. The van der Waals surface area contributed by atoms with Crippen LogP contribution in [0.15, 0.2) is 40.9 Å². The number of carbonyl (C=O) groups excluding carboxylic acids is 1. The van der Waals surface area contributed by atoms with Crippen molar-refractivity contribution in [1.29, 1.82) is 0 Å². The second kappa shape index (κ2) is 5.07. The first-order valence-electron chi connectivity index (χ1n) is 5.88. The van der Waals surface area contributed by atoms with Gasteiger partial charge in [-0.3, -0.25) is 4.79 Å². The molecule has 0 atom stereocenters. The Kier molecular flexibility index (Phi) is 3.67. The summed E-state index contributed by atoms with van der Waals surface area (Å²) >= 11 is 3.52. The lowest BCUT2D eigenvalue weighted by molar-refractivity contribution is 0.103. The zero-order valence-corrected chi connectivity index (χ0v) is 12.3. The number of ketones is 1. The lowest BCUT2D eigenvalue weighted by Crippen LogP contribution is -2.04. The number of halogens is 1. The first-order valence-corrected chi connectivity index (χ1v) is 6.67. The van der Waals surface area contributed by atoms with Crippen LogP contribution in [0.2, 0.25) is 0 Å². The zero-order valence-electron chi connectivity index (χ0n) is 10.8. The van der Waals surface area contributed by atoms with Gasteiger partial charge in [-0.2, -0.15) is 0 Å². The first kappa shape index (κ1) is 13.0. The molecule has 0 saturated carbocycles. The fourth-order valence-corrected chi connectivity index (χ4v) is 2.29. The van der Waals surface area contributed by atoms with Crippen LogP contribution >= 0.6 is 15.9 Å². The van der Waals surface area contributed by atoms with Gasteiger partial charge in [0.15, 0.2) is 5.78 Å². The summed E-state index contributed by atoms with van der Waals surface area (Å²) in [6.45, 7) is 5.98. The van der Waals surface area contributed by atoms with Gasteiger partial charge in [-0.1, -0.05) is 40.2 Å². The van der Waals surface area contributed by atoms with Gasteiger partial charge in [0.25, 0.3) is 0 Å². The highest BCUT2D eigenvalue weighted by molar-refractivity contribution is 9.10. The highest BCUT2D eigenvalue weighted by Gasteiger charge is 2.13. The van der Waals surface area contributed by atoms with Crippen LogP contribution in [-0.2, 0) is 0 Å². The molecule has 0 aliphatic rings. The maximum atomic E-state index is 12.5. The summed E-state index contributed by atoms with van der Waals surface area (Å²) in [4.78, 5) is 12.5. The van der Waals surface area contributed by atoms with E-state index in [0.717, 1.165) is 32.3 Å². The minimum Gasteiger partial charge on any atom is -0.289 e. The number of hydrogen-bond donors (Lipinski definition) is 0. The van der Waals surface area contributed by atoms with Crippen LogP contribution in [-0.4, -0.2) is 5.78 Å².